The molecule has 10 heteroatoms. The van der Waals surface area contributed by atoms with E-state index in [9.17, 15) is 8.42 Å². The molecule has 0 amide bonds. The Morgan fingerprint density at radius 3 is 1.97 bits per heavy atom. The highest BCUT2D eigenvalue weighted by atomic mass is 32.2. The number of sulfonamides is 1. The highest BCUT2D eigenvalue weighted by Crippen LogP contribution is 2.25. The van der Waals surface area contributed by atoms with Gasteiger partial charge in [0.1, 0.15) is 0 Å². The molecule has 0 atom stereocenters. The first kappa shape index (κ1) is 24.5. The standard InChI is InChI=1S/C26H33N7O2S/c27-36(34,35)23-12-10-18(11-13-23)14-15-28-24-31-25(29-21-8-2-1-3-9-21)33-26(32-24)30-22-16-19-6-4-5-7-20(19)17-22/h4-7,10-13,21-22H,1-3,8-9,14-17H2,(H2,27,34,35)(H3,28,29,30,31,32,33). The minimum Gasteiger partial charge on any atom is -0.354 e. The van der Waals surface area contributed by atoms with E-state index in [0.717, 1.165) is 31.2 Å². The number of rotatable bonds is 9. The monoisotopic (exact) mass is 507 g/mol. The Hall–Kier alpha value is -3.24. The second-order valence-electron chi connectivity index (χ2n) is 9.67. The van der Waals surface area contributed by atoms with E-state index >= 15 is 0 Å². The highest BCUT2D eigenvalue weighted by molar-refractivity contribution is 7.89. The van der Waals surface area contributed by atoms with Gasteiger partial charge in [-0.25, -0.2) is 13.6 Å². The molecule has 0 unspecified atom stereocenters. The maximum Gasteiger partial charge on any atom is 0.238 e. The molecular formula is C26H33N7O2S. The largest absolute Gasteiger partial charge is 0.354 e. The van der Waals surface area contributed by atoms with E-state index in [0.29, 0.717) is 36.9 Å². The number of anilines is 3. The molecule has 0 aliphatic heterocycles. The first-order chi connectivity index (χ1) is 17.4. The Labute approximate surface area is 212 Å². The summed E-state index contributed by atoms with van der Waals surface area (Å²) in [5.74, 6) is 1.68. The maximum atomic E-state index is 11.5. The minimum absolute atomic E-state index is 0.111. The van der Waals surface area contributed by atoms with Gasteiger partial charge >= 0.3 is 0 Å². The summed E-state index contributed by atoms with van der Waals surface area (Å²) in [4.78, 5) is 14.1. The molecule has 1 fully saturated rings. The number of primary sulfonamides is 1. The maximum absolute atomic E-state index is 11.5. The van der Waals surface area contributed by atoms with Crippen LogP contribution >= 0.6 is 0 Å². The SMILES string of the molecule is NS(=O)(=O)c1ccc(CCNc2nc(NC3CCCCC3)nc(NC3Cc4ccccc4C3)n2)cc1. The molecule has 0 radical (unpaired) electrons. The molecule has 2 aromatic carbocycles. The molecule has 0 saturated heterocycles. The van der Waals surface area contributed by atoms with Crippen molar-refractivity contribution in [1.29, 1.82) is 0 Å². The fourth-order valence-corrected chi connectivity index (χ4v) is 5.54. The molecule has 3 aromatic rings. The van der Waals surface area contributed by atoms with E-state index in [4.69, 9.17) is 10.1 Å². The number of hydrogen-bond acceptors (Lipinski definition) is 8. The second kappa shape index (κ2) is 10.8. The van der Waals surface area contributed by atoms with Gasteiger partial charge in [-0.3, -0.25) is 0 Å². The lowest BCUT2D eigenvalue weighted by Crippen LogP contribution is -2.26. The Kier molecular flexibility index (Phi) is 7.33. The summed E-state index contributed by atoms with van der Waals surface area (Å²) in [5, 5.41) is 15.5. The lowest BCUT2D eigenvalue weighted by Gasteiger charge is -2.23. The Balaban J connectivity index is 1.26. The average Bonchev–Trinajstić information content (AvgIpc) is 3.27. The van der Waals surface area contributed by atoms with Gasteiger partial charge in [-0.15, -0.1) is 0 Å². The molecule has 5 N–H and O–H groups in total. The molecule has 0 bridgehead atoms. The summed E-state index contributed by atoms with van der Waals surface area (Å²) in [7, 11) is -3.69. The molecule has 190 valence electrons. The Bertz CT molecular complexity index is 1270. The lowest BCUT2D eigenvalue weighted by atomic mass is 9.96. The summed E-state index contributed by atoms with van der Waals surface area (Å²) < 4.78 is 22.9. The van der Waals surface area contributed by atoms with Gasteiger partial charge in [0, 0.05) is 18.6 Å². The van der Waals surface area contributed by atoms with Crippen molar-refractivity contribution >= 4 is 27.9 Å². The number of nitrogens with two attached hydrogens (primary N) is 1. The Morgan fingerprint density at radius 2 is 1.36 bits per heavy atom. The van der Waals surface area contributed by atoms with Crippen LogP contribution in [0.25, 0.3) is 0 Å². The molecule has 5 rings (SSSR count). The number of nitrogens with one attached hydrogen (secondary N) is 3. The molecular weight excluding hydrogens is 474 g/mol. The zero-order valence-electron chi connectivity index (χ0n) is 20.3. The van der Waals surface area contributed by atoms with Crippen LogP contribution in [0.2, 0.25) is 0 Å². The topological polar surface area (TPSA) is 135 Å². The number of aromatic nitrogens is 3. The molecule has 1 heterocycles. The van der Waals surface area contributed by atoms with Crippen LogP contribution in [0.5, 0.6) is 0 Å². The smallest absolute Gasteiger partial charge is 0.238 e. The van der Waals surface area contributed by atoms with Crippen LogP contribution in [-0.4, -0.2) is 42.0 Å². The van der Waals surface area contributed by atoms with Crippen molar-refractivity contribution in [2.24, 2.45) is 5.14 Å². The van der Waals surface area contributed by atoms with E-state index < -0.39 is 10.0 Å². The Morgan fingerprint density at radius 1 is 0.778 bits per heavy atom. The highest BCUT2D eigenvalue weighted by Gasteiger charge is 2.22. The first-order valence-electron chi connectivity index (χ1n) is 12.6. The lowest BCUT2D eigenvalue weighted by molar-refractivity contribution is 0.461. The van der Waals surface area contributed by atoms with Gasteiger partial charge in [-0.1, -0.05) is 55.7 Å². The summed E-state index contributed by atoms with van der Waals surface area (Å²) in [6.07, 6.45) is 8.58. The van der Waals surface area contributed by atoms with E-state index in [-0.39, 0.29) is 10.9 Å². The zero-order valence-corrected chi connectivity index (χ0v) is 21.1. The van der Waals surface area contributed by atoms with Gasteiger partial charge in [0.05, 0.1) is 4.90 Å². The van der Waals surface area contributed by atoms with E-state index in [2.05, 4.69) is 50.2 Å². The predicted molar refractivity (Wildman–Crippen MR) is 142 cm³/mol. The third-order valence-corrected chi connectivity index (χ3v) is 7.84. The van der Waals surface area contributed by atoms with Crippen LogP contribution in [0.1, 0.15) is 48.8 Å². The summed E-state index contributed by atoms with van der Waals surface area (Å²) >= 11 is 0. The van der Waals surface area contributed by atoms with Crippen molar-refractivity contribution in [3.8, 4) is 0 Å². The van der Waals surface area contributed by atoms with Crippen LogP contribution in [0.4, 0.5) is 17.8 Å². The summed E-state index contributed by atoms with van der Waals surface area (Å²) in [5.41, 5.74) is 3.74. The predicted octanol–water partition coefficient (Wildman–Crippen LogP) is 3.50. The number of nitrogens with zero attached hydrogens (tertiary/aromatic N) is 3. The minimum atomic E-state index is -3.69. The second-order valence-corrected chi connectivity index (χ2v) is 11.2. The molecule has 1 saturated carbocycles. The van der Waals surface area contributed by atoms with Crippen molar-refractivity contribution in [3.63, 3.8) is 0 Å². The van der Waals surface area contributed by atoms with Crippen LogP contribution in [0.3, 0.4) is 0 Å². The molecule has 2 aliphatic carbocycles. The van der Waals surface area contributed by atoms with Crippen LogP contribution < -0.4 is 21.1 Å². The first-order valence-corrected chi connectivity index (χ1v) is 14.2. The summed E-state index contributed by atoms with van der Waals surface area (Å²) in [6, 6.07) is 15.8. The van der Waals surface area contributed by atoms with Gasteiger partial charge < -0.3 is 16.0 Å². The number of benzene rings is 2. The molecule has 1 aromatic heterocycles. The zero-order chi connectivity index (χ0) is 25.0. The average molecular weight is 508 g/mol. The number of hydrogen-bond donors (Lipinski definition) is 4. The van der Waals surface area contributed by atoms with Crippen LogP contribution in [0, 0.1) is 0 Å². The third-order valence-electron chi connectivity index (χ3n) is 6.91. The molecule has 0 spiro atoms. The third kappa shape index (κ3) is 6.30. The number of fused-ring (bicyclic) bond motifs is 1. The van der Waals surface area contributed by atoms with Crippen LogP contribution in [0.15, 0.2) is 53.4 Å². The van der Waals surface area contributed by atoms with Crippen molar-refractivity contribution in [2.75, 3.05) is 22.5 Å². The van der Waals surface area contributed by atoms with E-state index in [1.54, 1.807) is 12.1 Å². The van der Waals surface area contributed by atoms with Gasteiger partial charge in [0.25, 0.3) is 0 Å². The van der Waals surface area contributed by atoms with Crippen molar-refractivity contribution in [3.05, 3.63) is 65.2 Å². The van der Waals surface area contributed by atoms with Gasteiger partial charge in [-0.2, -0.15) is 15.0 Å². The molecule has 36 heavy (non-hydrogen) atoms. The van der Waals surface area contributed by atoms with E-state index in [1.807, 2.05) is 0 Å². The van der Waals surface area contributed by atoms with Gasteiger partial charge in [0.15, 0.2) is 0 Å². The fraction of sp³-hybridized carbons (Fsp3) is 0.423. The normalized spacial score (nSPS) is 16.5. The van der Waals surface area contributed by atoms with Crippen molar-refractivity contribution < 1.29 is 8.42 Å². The van der Waals surface area contributed by atoms with Gasteiger partial charge in [0.2, 0.25) is 27.9 Å². The van der Waals surface area contributed by atoms with Crippen LogP contribution in [-0.2, 0) is 29.3 Å². The van der Waals surface area contributed by atoms with Gasteiger partial charge in [-0.05, 0) is 60.9 Å². The van der Waals surface area contributed by atoms with Crippen molar-refractivity contribution in [2.45, 2.75) is 68.3 Å². The van der Waals surface area contributed by atoms with E-state index in [1.165, 1.54) is 42.5 Å². The molecule has 9 nitrogen and oxygen atoms in total. The van der Waals surface area contributed by atoms with Crippen molar-refractivity contribution in [1.82, 2.24) is 15.0 Å². The quantitative estimate of drug-likeness (QED) is 0.346. The molecule has 2 aliphatic rings. The summed E-state index contributed by atoms with van der Waals surface area (Å²) in [6.45, 7) is 0.593. The fourth-order valence-electron chi connectivity index (χ4n) is 5.02.